The van der Waals surface area contributed by atoms with Crippen LogP contribution in [0, 0.1) is 0 Å². The minimum absolute atomic E-state index is 0.0105. The fourth-order valence-corrected chi connectivity index (χ4v) is 4.17. The third kappa shape index (κ3) is 4.58. The summed E-state index contributed by atoms with van der Waals surface area (Å²) in [6.45, 7) is 2.13. The number of ether oxygens (including phenoxy) is 1. The van der Waals surface area contributed by atoms with Gasteiger partial charge >= 0.3 is 0 Å². The van der Waals surface area contributed by atoms with Crippen LogP contribution in [0.2, 0.25) is 20.1 Å². The fraction of sp³-hybridized carbons (Fsp3) is 0.250. The number of nitrogens with zero attached hydrogens (tertiary/aromatic N) is 4. The first-order chi connectivity index (χ1) is 14.4. The van der Waals surface area contributed by atoms with Gasteiger partial charge in [0, 0.05) is 34.3 Å². The normalized spacial score (nSPS) is 14.2. The molecule has 0 saturated carbocycles. The number of amides is 1. The van der Waals surface area contributed by atoms with Gasteiger partial charge in [0.25, 0.3) is 0 Å². The van der Waals surface area contributed by atoms with Crippen LogP contribution in [0.15, 0.2) is 36.4 Å². The summed E-state index contributed by atoms with van der Waals surface area (Å²) in [7, 11) is 0. The zero-order valence-corrected chi connectivity index (χ0v) is 18.6. The third-order valence-electron chi connectivity index (χ3n) is 4.67. The van der Waals surface area contributed by atoms with Gasteiger partial charge in [-0.3, -0.25) is 4.79 Å². The fourth-order valence-electron chi connectivity index (χ4n) is 3.18. The molecule has 4 rings (SSSR count). The number of halogens is 4. The SMILES string of the molecule is O=C(Cn1nc(-c2ccc(Cl)cc2Cl)c(-c2ccc(Cl)cc2Cl)n1)N1CCOCC1. The number of hydrogen-bond acceptors (Lipinski definition) is 4. The smallest absolute Gasteiger partial charge is 0.246 e. The summed E-state index contributed by atoms with van der Waals surface area (Å²) in [5.41, 5.74) is 2.26. The first-order valence-electron chi connectivity index (χ1n) is 9.14. The Morgan fingerprint density at radius 2 is 1.37 bits per heavy atom. The van der Waals surface area contributed by atoms with Gasteiger partial charge in [-0.05, 0) is 36.4 Å². The number of carbonyl (C=O) groups is 1. The van der Waals surface area contributed by atoms with Crippen LogP contribution in [0.4, 0.5) is 0 Å². The monoisotopic (exact) mass is 484 g/mol. The zero-order chi connectivity index (χ0) is 21.3. The van der Waals surface area contributed by atoms with Crippen molar-refractivity contribution in [2.24, 2.45) is 0 Å². The average molecular weight is 486 g/mol. The average Bonchev–Trinajstić information content (AvgIpc) is 3.11. The Morgan fingerprint density at radius 1 is 0.867 bits per heavy atom. The van der Waals surface area contributed by atoms with Crippen molar-refractivity contribution in [2.75, 3.05) is 26.3 Å². The summed E-state index contributed by atoms with van der Waals surface area (Å²) >= 11 is 24.9. The molecule has 30 heavy (non-hydrogen) atoms. The Balaban J connectivity index is 1.76. The van der Waals surface area contributed by atoms with Crippen molar-refractivity contribution in [3.05, 3.63) is 56.5 Å². The Kier molecular flexibility index (Phi) is 6.51. The van der Waals surface area contributed by atoms with E-state index in [1.54, 1.807) is 41.3 Å². The predicted molar refractivity (Wildman–Crippen MR) is 118 cm³/mol. The molecule has 0 unspecified atom stereocenters. The maximum Gasteiger partial charge on any atom is 0.246 e. The topological polar surface area (TPSA) is 60.2 Å². The van der Waals surface area contributed by atoms with Crippen molar-refractivity contribution in [2.45, 2.75) is 6.54 Å². The van der Waals surface area contributed by atoms with Crippen LogP contribution in [0.25, 0.3) is 22.5 Å². The summed E-state index contributed by atoms with van der Waals surface area (Å²) in [6.07, 6.45) is 0. The number of morpholine rings is 1. The lowest BCUT2D eigenvalue weighted by Gasteiger charge is -2.26. The lowest BCUT2D eigenvalue weighted by molar-refractivity contribution is -0.136. The Labute approximate surface area is 193 Å². The van der Waals surface area contributed by atoms with Crippen molar-refractivity contribution in [1.29, 1.82) is 0 Å². The maximum absolute atomic E-state index is 12.7. The van der Waals surface area contributed by atoms with Crippen LogP contribution in [-0.2, 0) is 16.1 Å². The molecule has 1 amide bonds. The summed E-state index contributed by atoms with van der Waals surface area (Å²) in [6, 6.07) is 10.2. The number of aromatic nitrogens is 3. The van der Waals surface area contributed by atoms with Crippen LogP contribution in [-0.4, -0.2) is 52.1 Å². The van der Waals surface area contributed by atoms with Crippen molar-refractivity contribution < 1.29 is 9.53 Å². The van der Waals surface area contributed by atoms with E-state index in [0.29, 0.717) is 68.9 Å². The number of benzene rings is 2. The van der Waals surface area contributed by atoms with E-state index in [1.807, 2.05) is 0 Å². The maximum atomic E-state index is 12.7. The molecule has 2 heterocycles. The van der Waals surface area contributed by atoms with E-state index in [2.05, 4.69) is 10.2 Å². The molecule has 0 bridgehead atoms. The van der Waals surface area contributed by atoms with Gasteiger partial charge in [0.15, 0.2) is 0 Å². The Hall–Kier alpha value is -1.83. The van der Waals surface area contributed by atoms with Crippen LogP contribution < -0.4 is 0 Å². The van der Waals surface area contributed by atoms with Crippen molar-refractivity contribution in [1.82, 2.24) is 19.9 Å². The highest BCUT2D eigenvalue weighted by molar-refractivity contribution is 6.37. The zero-order valence-electron chi connectivity index (χ0n) is 15.6. The van der Waals surface area contributed by atoms with Crippen molar-refractivity contribution >= 4 is 52.3 Å². The van der Waals surface area contributed by atoms with Gasteiger partial charge in [-0.1, -0.05) is 46.4 Å². The van der Waals surface area contributed by atoms with E-state index in [9.17, 15) is 4.79 Å². The quantitative estimate of drug-likeness (QED) is 0.516. The van der Waals surface area contributed by atoms with Gasteiger partial charge in [0.1, 0.15) is 17.9 Å². The summed E-state index contributed by atoms with van der Waals surface area (Å²) < 4.78 is 5.30. The number of carbonyl (C=O) groups excluding carboxylic acids is 1. The molecule has 156 valence electrons. The molecule has 1 aliphatic rings. The van der Waals surface area contributed by atoms with E-state index in [-0.39, 0.29) is 12.5 Å². The molecule has 0 N–H and O–H groups in total. The first-order valence-corrected chi connectivity index (χ1v) is 10.6. The first kappa shape index (κ1) is 21.4. The van der Waals surface area contributed by atoms with Crippen molar-refractivity contribution in [3.8, 4) is 22.5 Å². The summed E-state index contributed by atoms with van der Waals surface area (Å²) in [5.74, 6) is -0.0872. The lowest BCUT2D eigenvalue weighted by Crippen LogP contribution is -2.42. The van der Waals surface area contributed by atoms with Gasteiger partial charge in [-0.25, -0.2) is 0 Å². The van der Waals surface area contributed by atoms with Crippen LogP contribution in [0.5, 0.6) is 0 Å². The molecule has 1 aromatic heterocycles. The predicted octanol–water partition coefficient (Wildman–Crippen LogP) is 5.08. The second-order valence-electron chi connectivity index (χ2n) is 6.67. The minimum atomic E-state index is -0.0872. The van der Waals surface area contributed by atoms with E-state index >= 15 is 0 Å². The highest BCUT2D eigenvalue weighted by atomic mass is 35.5. The number of rotatable bonds is 4. The third-order valence-corrected chi connectivity index (χ3v) is 5.76. The van der Waals surface area contributed by atoms with Gasteiger partial charge in [-0.2, -0.15) is 15.0 Å². The molecule has 1 saturated heterocycles. The summed E-state index contributed by atoms with van der Waals surface area (Å²) in [5, 5.41) is 10.9. The highest BCUT2D eigenvalue weighted by Crippen LogP contribution is 2.38. The molecule has 6 nitrogen and oxygen atoms in total. The van der Waals surface area contributed by atoms with E-state index < -0.39 is 0 Å². The van der Waals surface area contributed by atoms with E-state index in [1.165, 1.54) is 4.80 Å². The van der Waals surface area contributed by atoms with Gasteiger partial charge in [0.2, 0.25) is 5.91 Å². The molecule has 0 spiro atoms. The second kappa shape index (κ2) is 9.12. The van der Waals surface area contributed by atoms with E-state index in [4.69, 9.17) is 51.1 Å². The molecule has 10 heteroatoms. The molecule has 0 radical (unpaired) electrons. The van der Waals surface area contributed by atoms with Crippen LogP contribution in [0.1, 0.15) is 0 Å². The van der Waals surface area contributed by atoms with E-state index in [0.717, 1.165) is 0 Å². The molecular weight excluding hydrogens is 470 g/mol. The van der Waals surface area contributed by atoms with Crippen molar-refractivity contribution in [3.63, 3.8) is 0 Å². The molecule has 1 aliphatic heterocycles. The minimum Gasteiger partial charge on any atom is -0.378 e. The van der Waals surface area contributed by atoms with Crippen LogP contribution in [0.3, 0.4) is 0 Å². The standard InChI is InChI=1S/C20H16Cl4N4O2/c21-12-1-3-14(16(23)9-12)19-20(15-4-2-13(22)10-17(15)24)26-28(25-19)11-18(29)27-5-7-30-8-6-27/h1-4,9-10H,5-8,11H2. The van der Waals surface area contributed by atoms with Crippen LogP contribution >= 0.6 is 46.4 Å². The molecule has 2 aromatic carbocycles. The Morgan fingerprint density at radius 3 is 1.83 bits per heavy atom. The molecule has 0 atom stereocenters. The molecule has 1 fully saturated rings. The lowest BCUT2D eigenvalue weighted by atomic mass is 10.0. The largest absolute Gasteiger partial charge is 0.378 e. The molecular formula is C20H16Cl4N4O2. The van der Waals surface area contributed by atoms with Gasteiger partial charge < -0.3 is 9.64 Å². The van der Waals surface area contributed by atoms with Gasteiger partial charge in [0.05, 0.1) is 23.3 Å². The highest BCUT2D eigenvalue weighted by Gasteiger charge is 2.23. The molecule has 3 aromatic rings. The Bertz CT molecular complexity index is 1030. The molecule has 0 aliphatic carbocycles. The summed E-state index contributed by atoms with van der Waals surface area (Å²) in [4.78, 5) is 15.8. The second-order valence-corrected chi connectivity index (χ2v) is 8.36. The number of hydrogen-bond donors (Lipinski definition) is 0. The van der Waals surface area contributed by atoms with Gasteiger partial charge in [-0.15, -0.1) is 0 Å².